The second-order valence-electron chi connectivity index (χ2n) is 4.56. The van der Waals surface area contributed by atoms with Crippen molar-refractivity contribution in [2.24, 2.45) is 0 Å². The molecule has 1 saturated heterocycles. The van der Waals surface area contributed by atoms with Gasteiger partial charge in [-0.25, -0.2) is 0 Å². The summed E-state index contributed by atoms with van der Waals surface area (Å²) < 4.78 is 0. The molecule has 1 aliphatic heterocycles. The monoisotopic (exact) mass is 270 g/mol. The zero-order valence-electron chi connectivity index (χ0n) is 10.1. The molecule has 3 N–H and O–H groups in total. The minimum atomic E-state index is 0.634. The highest BCUT2D eigenvalue weighted by molar-refractivity contribution is 7.99. The largest absolute Gasteiger partial charge is 0.398 e. The lowest BCUT2D eigenvalue weighted by molar-refractivity contribution is 0.677. The molecule has 2 nitrogen and oxygen atoms in total. The molecule has 0 radical (unpaired) electrons. The van der Waals surface area contributed by atoms with Gasteiger partial charge in [-0.15, -0.1) is 0 Å². The highest BCUT2D eigenvalue weighted by Gasteiger charge is 2.14. The quantitative estimate of drug-likeness (QED) is 0.818. The van der Waals surface area contributed by atoms with Gasteiger partial charge in [-0.2, -0.15) is 11.8 Å². The van der Waals surface area contributed by atoms with Crippen LogP contribution in [-0.4, -0.2) is 17.5 Å². The molecule has 0 saturated carbocycles. The van der Waals surface area contributed by atoms with Gasteiger partial charge >= 0.3 is 0 Å². The SMILES string of the molecule is Cc1cc(N)c(Cl)cc1NCC1CCCCS1. The summed E-state index contributed by atoms with van der Waals surface area (Å²) in [4.78, 5) is 0. The topological polar surface area (TPSA) is 38.0 Å². The number of nitrogens with one attached hydrogen (secondary N) is 1. The van der Waals surface area contributed by atoms with E-state index in [-0.39, 0.29) is 0 Å². The van der Waals surface area contributed by atoms with E-state index in [4.69, 9.17) is 17.3 Å². The maximum Gasteiger partial charge on any atom is 0.0656 e. The average Bonchev–Trinajstić information content (AvgIpc) is 2.33. The van der Waals surface area contributed by atoms with Gasteiger partial charge in [0.05, 0.1) is 10.7 Å². The minimum Gasteiger partial charge on any atom is -0.398 e. The van der Waals surface area contributed by atoms with Gasteiger partial charge in [-0.05, 0) is 43.2 Å². The predicted octanol–water partition coefficient (Wildman–Crippen LogP) is 3.93. The summed E-state index contributed by atoms with van der Waals surface area (Å²) in [5.74, 6) is 1.30. The summed E-state index contributed by atoms with van der Waals surface area (Å²) in [7, 11) is 0. The summed E-state index contributed by atoms with van der Waals surface area (Å²) in [5, 5.41) is 4.86. The molecule has 1 fully saturated rings. The molecule has 1 heterocycles. The van der Waals surface area contributed by atoms with E-state index in [0.717, 1.165) is 23.0 Å². The lowest BCUT2D eigenvalue weighted by Gasteiger charge is -2.22. The second kappa shape index (κ2) is 5.87. The Bertz CT molecular complexity index is 389. The zero-order chi connectivity index (χ0) is 12.3. The molecule has 1 aromatic rings. The maximum atomic E-state index is 6.04. The van der Waals surface area contributed by atoms with E-state index in [0.29, 0.717) is 10.7 Å². The summed E-state index contributed by atoms with van der Waals surface area (Å²) in [5.41, 5.74) is 8.69. The third-order valence-electron chi connectivity index (χ3n) is 3.14. The number of halogens is 1. The van der Waals surface area contributed by atoms with Crippen molar-refractivity contribution in [3.63, 3.8) is 0 Å². The van der Waals surface area contributed by atoms with Gasteiger partial charge in [0.25, 0.3) is 0 Å². The summed E-state index contributed by atoms with van der Waals surface area (Å²) in [6.07, 6.45) is 4.05. The van der Waals surface area contributed by atoms with Crippen LogP contribution in [0.2, 0.25) is 5.02 Å². The van der Waals surface area contributed by atoms with Crippen molar-refractivity contribution >= 4 is 34.7 Å². The Kier molecular flexibility index (Phi) is 4.46. The molecule has 17 heavy (non-hydrogen) atoms. The maximum absolute atomic E-state index is 6.04. The van der Waals surface area contributed by atoms with E-state index < -0.39 is 0 Å². The van der Waals surface area contributed by atoms with Gasteiger partial charge in [0, 0.05) is 17.5 Å². The third-order valence-corrected chi connectivity index (χ3v) is 4.86. The molecule has 0 bridgehead atoms. The fraction of sp³-hybridized carbons (Fsp3) is 0.538. The molecule has 0 aromatic heterocycles. The van der Waals surface area contributed by atoms with Gasteiger partial charge in [0.2, 0.25) is 0 Å². The Morgan fingerprint density at radius 2 is 2.29 bits per heavy atom. The molecule has 0 amide bonds. The first-order chi connectivity index (χ1) is 8.16. The molecular weight excluding hydrogens is 252 g/mol. The van der Waals surface area contributed by atoms with E-state index in [1.807, 2.05) is 12.1 Å². The van der Waals surface area contributed by atoms with Crippen LogP contribution in [0.5, 0.6) is 0 Å². The van der Waals surface area contributed by atoms with Gasteiger partial charge in [0.15, 0.2) is 0 Å². The van der Waals surface area contributed by atoms with Crippen LogP contribution in [0.1, 0.15) is 24.8 Å². The summed E-state index contributed by atoms with van der Waals surface area (Å²) in [6, 6.07) is 3.86. The van der Waals surface area contributed by atoms with Crippen molar-refractivity contribution in [2.75, 3.05) is 23.3 Å². The van der Waals surface area contributed by atoms with Crippen LogP contribution in [0.25, 0.3) is 0 Å². The van der Waals surface area contributed by atoms with Crippen LogP contribution in [0.3, 0.4) is 0 Å². The zero-order valence-corrected chi connectivity index (χ0v) is 11.7. The smallest absolute Gasteiger partial charge is 0.0656 e. The second-order valence-corrected chi connectivity index (χ2v) is 6.37. The normalized spacial score (nSPS) is 20.2. The van der Waals surface area contributed by atoms with Crippen molar-refractivity contribution in [3.05, 3.63) is 22.7 Å². The fourth-order valence-corrected chi connectivity index (χ4v) is 3.49. The van der Waals surface area contributed by atoms with Crippen LogP contribution in [0.4, 0.5) is 11.4 Å². The van der Waals surface area contributed by atoms with Crippen LogP contribution in [-0.2, 0) is 0 Å². The van der Waals surface area contributed by atoms with Gasteiger partial charge < -0.3 is 11.1 Å². The van der Waals surface area contributed by atoms with Crippen molar-refractivity contribution in [1.29, 1.82) is 0 Å². The van der Waals surface area contributed by atoms with Crippen LogP contribution in [0.15, 0.2) is 12.1 Å². The number of aryl methyl sites for hydroxylation is 1. The van der Waals surface area contributed by atoms with Gasteiger partial charge in [-0.1, -0.05) is 18.0 Å². The number of thioether (sulfide) groups is 1. The Morgan fingerprint density at radius 1 is 1.47 bits per heavy atom. The molecule has 1 atom stereocenters. The standard InChI is InChI=1S/C13H19ClN2S/c1-9-6-12(15)11(14)7-13(9)16-8-10-4-2-3-5-17-10/h6-7,10,16H,2-5,8,15H2,1H3. The molecule has 94 valence electrons. The first kappa shape index (κ1) is 12.9. The van der Waals surface area contributed by atoms with Crippen LogP contribution >= 0.6 is 23.4 Å². The van der Waals surface area contributed by atoms with Crippen molar-refractivity contribution in [3.8, 4) is 0 Å². The van der Waals surface area contributed by atoms with E-state index in [1.54, 1.807) is 0 Å². The highest BCUT2D eigenvalue weighted by atomic mass is 35.5. The molecule has 2 rings (SSSR count). The molecule has 1 aliphatic rings. The summed E-state index contributed by atoms with van der Waals surface area (Å²) in [6.45, 7) is 3.08. The van der Waals surface area contributed by atoms with Gasteiger partial charge in [0.1, 0.15) is 0 Å². The third kappa shape index (κ3) is 3.46. The van der Waals surface area contributed by atoms with E-state index in [1.165, 1.54) is 25.0 Å². The highest BCUT2D eigenvalue weighted by Crippen LogP contribution is 2.29. The Morgan fingerprint density at radius 3 is 3.00 bits per heavy atom. The minimum absolute atomic E-state index is 0.634. The van der Waals surface area contributed by atoms with E-state index in [9.17, 15) is 0 Å². The number of benzene rings is 1. The van der Waals surface area contributed by atoms with E-state index >= 15 is 0 Å². The molecular formula is C13H19ClN2S. The predicted molar refractivity (Wildman–Crippen MR) is 79.2 cm³/mol. The lowest BCUT2D eigenvalue weighted by Crippen LogP contribution is -2.20. The van der Waals surface area contributed by atoms with Gasteiger partial charge in [-0.3, -0.25) is 0 Å². The average molecular weight is 271 g/mol. The molecule has 1 aromatic carbocycles. The molecule has 0 aliphatic carbocycles. The lowest BCUT2D eigenvalue weighted by atomic mass is 10.1. The number of anilines is 2. The van der Waals surface area contributed by atoms with Crippen molar-refractivity contribution in [1.82, 2.24) is 0 Å². The van der Waals surface area contributed by atoms with Crippen molar-refractivity contribution < 1.29 is 0 Å². The summed E-state index contributed by atoms with van der Waals surface area (Å²) >= 11 is 8.11. The number of hydrogen-bond donors (Lipinski definition) is 2. The molecule has 4 heteroatoms. The van der Waals surface area contributed by atoms with Crippen molar-refractivity contribution in [2.45, 2.75) is 31.4 Å². The number of rotatable bonds is 3. The Labute approximate surface area is 112 Å². The van der Waals surface area contributed by atoms with E-state index in [2.05, 4.69) is 24.0 Å². The number of nitrogens with two attached hydrogens (primary N) is 1. The first-order valence-electron chi connectivity index (χ1n) is 6.08. The Hall–Kier alpha value is -0.540. The number of nitrogen functional groups attached to an aromatic ring is 1. The van der Waals surface area contributed by atoms with Crippen LogP contribution < -0.4 is 11.1 Å². The number of hydrogen-bond acceptors (Lipinski definition) is 3. The first-order valence-corrected chi connectivity index (χ1v) is 7.50. The molecule has 0 spiro atoms. The fourth-order valence-electron chi connectivity index (χ4n) is 2.09. The van der Waals surface area contributed by atoms with Crippen LogP contribution in [0, 0.1) is 6.92 Å². The Balaban J connectivity index is 1.96. The molecule has 1 unspecified atom stereocenters.